The molecular weight excluding hydrogens is 184 g/mol. The highest BCUT2D eigenvalue weighted by molar-refractivity contribution is 4.78. The molecule has 0 aromatic heterocycles. The minimum Gasteiger partial charge on any atom is -0.313 e. The molecule has 0 radical (unpaired) electrons. The van der Waals surface area contributed by atoms with E-state index in [1.807, 2.05) is 0 Å². The molecule has 0 amide bonds. The monoisotopic (exact) mass is 212 g/mol. The van der Waals surface area contributed by atoms with Crippen molar-refractivity contribution in [1.82, 2.24) is 10.2 Å². The van der Waals surface area contributed by atoms with Crippen molar-refractivity contribution in [2.24, 2.45) is 11.3 Å². The molecule has 2 atom stereocenters. The van der Waals surface area contributed by atoms with E-state index in [2.05, 4.69) is 44.8 Å². The largest absolute Gasteiger partial charge is 0.313 e. The van der Waals surface area contributed by atoms with Crippen LogP contribution in [0.5, 0.6) is 0 Å². The van der Waals surface area contributed by atoms with Gasteiger partial charge in [-0.05, 0) is 37.8 Å². The summed E-state index contributed by atoms with van der Waals surface area (Å²) in [6.45, 7) is 16.6. The van der Waals surface area contributed by atoms with Crippen LogP contribution in [0.2, 0.25) is 0 Å². The molecule has 1 N–H and O–H groups in total. The SMILES string of the molecule is CC1CN(CC(C)C(C)(C)C)CCCN1. The Balaban J connectivity index is 2.42. The van der Waals surface area contributed by atoms with Gasteiger partial charge in [-0.15, -0.1) is 0 Å². The molecule has 0 aliphatic carbocycles. The summed E-state index contributed by atoms with van der Waals surface area (Å²) >= 11 is 0. The van der Waals surface area contributed by atoms with E-state index in [1.54, 1.807) is 0 Å². The van der Waals surface area contributed by atoms with Crippen LogP contribution < -0.4 is 5.32 Å². The van der Waals surface area contributed by atoms with Gasteiger partial charge in [0.05, 0.1) is 0 Å². The van der Waals surface area contributed by atoms with E-state index in [4.69, 9.17) is 0 Å². The van der Waals surface area contributed by atoms with E-state index in [0.29, 0.717) is 11.5 Å². The van der Waals surface area contributed by atoms with Crippen molar-refractivity contribution in [3.63, 3.8) is 0 Å². The Hall–Kier alpha value is -0.0800. The van der Waals surface area contributed by atoms with E-state index in [-0.39, 0.29) is 0 Å². The lowest BCUT2D eigenvalue weighted by molar-refractivity contribution is 0.161. The molecule has 0 saturated carbocycles. The zero-order valence-electron chi connectivity index (χ0n) is 11.1. The fourth-order valence-electron chi connectivity index (χ4n) is 2.02. The summed E-state index contributed by atoms with van der Waals surface area (Å²) < 4.78 is 0. The van der Waals surface area contributed by atoms with Crippen molar-refractivity contribution in [2.45, 2.75) is 47.1 Å². The molecule has 1 rings (SSSR count). The van der Waals surface area contributed by atoms with Crippen LogP contribution in [0.3, 0.4) is 0 Å². The number of nitrogens with one attached hydrogen (secondary N) is 1. The first-order chi connectivity index (χ1) is 6.89. The summed E-state index contributed by atoms with van der Waals surface area (Å²) in [5.74, 6) is 0.766. The van der Waals surface area contributed by atoms with Gasteiger partial charge in [0, 0.05) is 19.1 Å². The normalized spacial score (nSPS) is 27.4. The molecule has 2 heteroatoms. The molecule has 90 valence electrons. The molecule has 0 spiro atoms. The summed E-state index contributed by atoms with van der Waals surface area (Å²) in [7, 11) is 0. The van der Waals surface area contributed by atoms with E-state index in [0.717, 1.165) is 5.92 Å². The fourth-order valence-corrected chi connectivity index (χ4v) is 2.02. The van der Waals surface area contributed by atoms with Crippen molar-refractivity contribution in [2.75, 3.05) is 26.2 Å². The molecule has 1 fully saturated rings. The second kappa shape index (κ2) is 5.31. The first-order valence-corrected chi connectivity index (χ1v) is 6.35. The van der Waals surface area contributed by atoms with E-state index in [1.165, 1.54) is 32.6 Å². The smallest absolute Gasteiger partial charge is 0.0166 e. The summed E-state index contributed by atoms with van der Waals surface area (Å²) in [5.41, 5.74) is 0.434. The Labute approximate surface area is 95.4 Å². The highest BCUT2D eigenvalue weighted by atomic mass is 15.2. The highest BCUT2D eigenvalue weighted by Crippen LogP contribution is 2.26. The van der Waals surface area contributed by atoms with Crippen LogP contribution in [0.4, 0.5) is 0 Å². The van der Waals surface area contributed by atoms with Crippen molar-refractivity contribution < 1.29 is 0 Å². The van der Waals surface area contributed by atoms with Crippen molar-refractivity contribution >= 4 is 0 Å². The Bertz CT molecular complexity index is 183. The maximum Gasteiger partial charge on any atom is 0.0166 e. The topological polar surface area (TPSA) is 15.3 Å². The van der Waals surface area contributed by atoms with E-state index >= 15 is 0 Å². The molecule has 1 heterocycles. The fraction of sp³-hybridized carbons (Fsp3) is 1.00. The van der Waals surface area contributed by atoms with Crippen LogP contribution >= 0.6 is 0 Å². The first kappa shape index (κ1) is 13.0. The maximum absolute atomic E-state index is 3.54. The molecule has 0 bridgehead atoms. The van der Waals surface area contributed by atoms with Crippen LogP contribution in [0.1, 0.15) is 41.0 Å². The van der Waals surface area contributed by atoms with Gasteiger partial charge in [0.25, 0.3) is 0 Å². The summed E-state index contributed by atoms with van der Waals surface area (Å²) in [6, 6.07) is 0.652. The summed E-state index contributed by atoms with van der Waals surface area (Å²) in [5, 5.41) is 3.54. The van der Waals surface area contributed by atoms with Crippen molar-refractivity contribution in [1.29, 1.82) is 0 Å². The van der Waals surface area contributed by atoms with Gasteiger partial charge in [0.1, 0.15) is 0 Å². The zero-order valence-corrected chi connectivity index (χ0v) is 11.1. The number of nitrogens with zero attached hydrogens (tertiary/aromatic N) is 1. The maximum atomic E-state index is 3.54. The zero-order chi connectivity index (χ0) is 11.5. The second-order valence-electron chi connectivity index (χ2n) is 6.24. The van der Waals surface area contributed by atoms with Gasteiger partial charge < -0.3 is 10.2 Å². The van der Waals surface area contributed by atoms with E-state index in [9.17, 15) is 0 Å². The van der Waals surface area contributed by atoms with Gasteiger partial charge in [0.2, 0.25) is 0 Å². The minimum atomic E-state index is 0.434. The van der Waals surface area contributed by atoms with Gasteiger partial charge in [-0.2, -0.15) is 0 Å². The molecule has 15 heavy (non-hydrogen) atoms. The third-order valence-electron chi connectivity index (χ3n) is 3.69. The van der Waals surface area contributed by atoms with Crippen LogP contribution in [0, 0.1) is 11.3 Å². The molecule has 0 aromatic rings. The Morgan fingerprint density at radius 1 is 1.40 bits per heavy atom. The third-order valence-corrected chi connectivity index (χ3v) is 3.69. The van der Waals surface area contributed by atoms with Gasteiger partial charge in [-0.25, -0.2) is 0 Å². The molecule has 2 nitrogen and oxygen atoms in total. The lowest BCUT2D eigenvalue weighted by Gasteiger charge is -2.33. The Morgan fingerprint density at radius 3 is 2.67 bits per heavy atom. The molecule has 1 saturated heterocycles. The molecular formula is C13H28N2. The quantitative estimate of drug-likeness (QED) is 0.756. The second-order valence-corrected chi connectivity index (χ2v) is 6.24. The number of rotatable bonds is 2. The van der Waals surface area contributed by atoms with Crippen LogP contribution in [-0.2, 0) is 0 Å². The van der Waals surface area contributed by atoms with Gasteiger partial charge >= 0.3 is 0 Å². The van der Waals surface area contributed by atoms with Crippen molar-refractivity contribution in [3.05, 3.63) is 0 Å². The third kappa shape index (κ3) is 4.52. The average Bonchev–Trinajstić information content (AvgIpc) is 2.28. The highest BCUT2D eigenvalue weighted by Gasteiger charge is 2.23. The molecule has 1 aliphatic heterocycles. The summed E-state index contributed by atoms with van der Waals surface area (Å²) in [6.07, 6.45) is 1.29. The number of hydrogen-bond donors (Lipinski definition) is 1. The predicted molar refractivity (Wildman–Crippen MR) is 67.1 cm³/mol. The van der Waals surface area contributed by atoms with Crippen LogP contribution in [-0.4, -0.2) is 37.1 Å². The number of hydrogen-bond acceptors (Lipinski definition) is 2. The van der Waals surface area contributed by atoms with Crippen LogP contribution in [0.15, 0.2) is 0 Å². The minimum absolute atomic E-state index is 0.434. The first-order valence-electron chi connectivity index (χ1n) is 6.35. The van der Waals surface area contributed by atoms with Gasteiger partial charge in [-0.1, -0.05) is 27.7 Å². The molecule has 0 aromatic carbocycles. The van der Waals surface area contributed by atoms with Crippen molar-refractivity contribution in [3.8, 4) is 0 Å². The lowest BCUT2D eigenvalue weighted by atomic mass is 9.82. The summed E-state index contributed by atoms with van der Waals surface area (Å²) in [4.78, 5) is 2.63. The lowest BCUT2D eigenvalue weighted by Crippen LogP contribution is -2.39. The molecule has 1 aliphatic rings. The average molecular weight is 212 g/mol. The van der Waals surface area contributed by atoms with Gasteiger partial charge in [0.15, 0.2) is 0 Å². The Kier molecular flexibility index (Phi) is 4.60. The molecule has 2 unspecified atom stereocenters. The predicted octanol–water partition coefficient (Wildman–Crippen LogP) is 2.35. The van der Waals surface area contributed by atoms with Gasteiger partial charge in [-0.3, -0.25) is 0 Å². The van der Waals surface area contributed by atoms with E-state index < -0.39 is 0 Å². The Morgan fingerprint density at radius 2 is 2.07 bits per heavy atom. The van der Waals surface area contributed by atoms with Crippen LogP contribution in [0.25, 0.3) is 0 Å². The standard InChI is InChI=1S/C13H28N2/c1-11(13(3,4)5)9-15-8-6-7-14-12(2)10-15/h11-12,14H,6-10H2,1-5H3.